The van der Waals surface area contributed by atoms with Crippen molar-refractivity contribution in [1.82, 2.24) is 0 Å². The second kappa shape index (κ2) is 36.8. The predicted molar refractivity (Wildman–Crippen MR) is 205 cm³/mol. The Labute approximate surface area is 310 Å². The maximum Gasteiger partial charge on any atom is 0.472 e. The van der Waals surface area contributed by atoms with E-state index in [0.717, 1.165) is 64.2 Å². The van der Waals surface area contributed by atoms with Gasteiger partial charge in [-0.25, -0.2) is 4.57 Å². The highest BCUT2D eigenvalue weighted by Gasteiger charge is 2.27. The number of unbranched alkanes of at least 4 members (excludes halogenated alkanes) is 20. The molecule has 3 N–H and O–H groups in total. The number of carbonyl (C=O) groups excluding carboxylic acids is 2. The molecule has 0 aromatic rings. The fourth-order valence-corrected chi connectivity index (χ4v) is 6.21. The molecule has 0 saturated heterocycles. The van der Waals surface area contributed by atoms with E-state index < -0.39 is 51.8 Å². The standard InChI is InChI=1S/C40H75O10P/c1-3-5-7-9-11-13-15-17-19-21-23-25-27-29-31-39(43)47-35-38(36-49-51(45,46)48-34-37(42)33-41)50-40(44)32-30-28-26-24-22-20-18-16-14-12-10-8-6-4-2/h9,11,15,17,37-38,41-42H,3-8,10,12-14,16,18-36H2,1-2H3,(H,45,46)/b11-9+,17-15+/t37-,38+/m0/s1. The number of hydrogen-bond acceptors (Lipinski definition) is 9. The van der Waals surface area contributed by atoms with E-state index >= 15 is 0 Å². The number of rotatable bonds is 38. The summed E-state index contributed by atoms with van der Waals surface area (Å²) in [6.45, 7) is 2.32. The predicted octanol–water partition coefficient (Wildman–Crippen LogP) is 10.2. The van der Waals surface area contributed by atoms with Gasteiger partial charge in [-0.1, -0.05) is 154 Å². The lowest BCUT2D eigenvalue weighted by Gasteiger charge is -2.20. The van der Waals surface area contributed by atoms with Crippen LogP contribution in [0.25, 0.3) is 0 Å². The monoisotopic (exact) mass is 747 g/mol. The minimum absolute atomic E-state index is 0.185. The maximum atomic E-state index is 12.6. The summed E-state index contributed by atoms with van der Waals surface area (Å²) in [4.78, 5) is 34.9. The van der Waals surface area contributed by atoms with E-state index in [4.69, 9.17) is 19.1 Å². The van der Waals surface area contributed by atoms with E-state index in [1.807, 2.05) is 0 Å². The molecule has 0 radical (unpaired) electrons. The zero-order chi connectivity index (χ0) is 37.7. The lowest BCUT2D eigenvalue weighted by Crippen LogP contribution is -2.29. The molecule has 11 heteroatoms. The lowest BCUT2D eigenvalue weighted by atomic mass is 10.0. The quantitative estimate of drug-likeness (QED) is 0.0241. The Morgan fingerprint density at radius 1 is 0.588 bits per heavy atom. The number of phosphoric ester groups is 1. The van der Waals surface area contributed by atoms with Crippen LogP contribution in [0.15, 0.2) is 24.3 Å². The fourth-order valence-electron chi connectivity index (χ4n) is 5.42. The van der Waals surface area contributed by atoms with Crippen LogP contribution >= 0.6 is 7.82 Å². The van der Waals surface area contributed by atoms with E-state index in [9.17, 15) is 24.2 Å². The fraction of sp³-hybridized carbons (Fsp3) is 0.850. The van der Waals surface area contributed by atoms with Gasteiger partial charge < -0.3 is 24.6 Å². The molecule has 1 unspecified atom stereocenters. The van der Waals surface area contributed by atoms with Gasteiger partial charge in [0.1, 0.15) is 12.7 Å². The Bertz CT molecular complexity index is 910. The maximum absolute atomic E-state index is 12.6. The van der Waals surface area contributed by atoms with Gasteiger partial charge in [-0.2, -0.15) is 0 Å². The molecule has 51 heavy (non-hydrogen) atoms. The number of carbonyl (C=O) groups is 2. The number of aliphatic hydroxyl groups is 2. The smallest absolute Gasteiger partial charge is 0.462 e. The number of phosphoric acid groups is 1. The minimum Gasteiger partial charge on any atom is -0.462 e. The summed E-state index contributed by atoms with van der Waals surface area (Å²) >= 11 is 0. The summed E-state index contributed by atoms with van der Waals surface area (Å²) < 4.78 is 32.6. The van der Waals surface area contributed by atoms with Gasteiger partial charge in [-0.3, -0.25) is 18.6 Å². The molecular formula is C40H75O10P. The van der Waals surface area contributed by atoms with Crippen LogP contribution in [-0.2, 0) is 32.7 Å². The van der Waals surface area contributed by atoms with Crippen LogP contribution in [0.5, 0.6) is 0 Å². The summed E-state index contributed by atoms with van der Waals surface area (Å²) in [5, 5.41) is 18.3. The molecule has 0 aromatic carbocycles. The Hall–Kier alpha value is -1.55. The Morgan fingerprint density at radius 3 is 1.57 bits per heavy atom. The first-order valence-electron chi connectivity index (χ1n) is 20.3. The third-order valence-corrected chi connectivity index (χ3v) is 9.56. The highest BCUT2D eigenvalue weighted by Crippen LogP contribution is 2.43. The van der Waals surface area contributed by atoms with Crippen molar-refractivity contribution in [3.8, 4) is 0 Å². The van der Waals surface area contributed by atoms with Crippen molar-refractivity contribution in [2.45, 2.75) is 193 Å². The van der Waals surface area contributed by atoms with Crippen molar-refractivity contribution in [1.29, 1.82) is 0 Å². The Kier molecular flexibility index (Phi) is 35.7. The van der Waals surface area contributed by atoms with E-state index in [1.54, 1.807) is 0 Å². The summed E-state index contributed by atoms with van der Waals surface area (Å²) in [5.74, 6) is -0.936. The number of ether oxygens (including phenoxy) is 2. The number of allylic oxidation sites excluding steroid dienone is 4. The van der Waals surface area contributed by atoms with E-state index in [1.165, 1.54) is 77.0 Å². The first kappa shape index (κ1) is 49.5. The van der Waals surface area contributed by atoms with Crippen molar-refractivity contribution in [3.05, 3.63) is 24.3 Å². The topological polar surface area (TPSA) is 149 Å². The molecule has 3 atom stereocenters. The van der Waals surface area contributed by atoms with Crippen LogP contribution < -0.4 is 0 Å². The zero-order valence-electron chi connectivity index (χ0n) is 32.3. The molecule has 0 saturated carbocycles. The van der Waals surface area contributed by atoms with Crippen molar-refractivity contribution < 1.29 is 47.8 Å². The molecule has 0 fully saturated rings. The van der Waals surface area contributed by atoms with Gasteiger partial charge in [0.05, 0.1) is 19.8 Å². The zero-order valence-corrected chi connectivity index (χ0v) is 33.2. The molecule has 0 bridgehead atoms. The Balaban J connectivity index is 4.34. The SMILES string of the molecule is CCCC/C=C/C/C=C/CCCCCCCC(=O)OC[C@H](COP(=O)(O)OC[C@@H](O)CO)OC(=O)CCCCCCCCCCCCCCCC. The molecule has 0 aromatic heterocycles. The van der Waals surface area contributed by atoms with Gasteiger partial charge >= 0.3 is 19.8 Å². The summed E-state index contributed by atoms with van der Waals surface area (Å²) in [7, 11) is -4.61. The molecular weight excluding hydrogens is 671 g/mol. The van der Waals surface area contributed by atoms with E-state index in [0.29, 0.717) is 12.8 Å². The van der Waals surface area contributed by atoms with Gasteiger partial charge in [0, 0.05) is 12.8 Å². The average Bonchev–Trinajstić information content (AvgIpc) is 3.12. The van der Waals surface area contributed by atoms with Crippen LogP contribution in [0.1, 0.15) is 181 Å². The molecule has 300 valence electrons. The van der Waals surface area contributed by atoms with Gasteiger partial charge in [-0.05, 0) is 38.5 Å². The second-order valence-corrected chi connectivity index (χ2v) is 15.1. The molecule has 0 aliphatic rings. The number of aliphatic hydroxyl groups excluding tert-OH is 2. The molecule has 0 aliphatic carbocycles. The van der Waals surface area contributed by atoms with Crippen LogP contribution in [0, 0.1) is 0 Å². The van der Waals surface area contributed by atoms with Crippen molar-refractivity contribution in [2.24, 2.45) is 0 Å². The normalized spacial score (nSPS) is 14.2. The van der Waals surface area contributed by atoms with Crippen molar-refractivity contribution >= 4 is 19.8 Å². The van der Waals surface area contributed by atoms with Gasteiger partial charge in [-0.15, -0.1) is 0 Å². The largest absolute Gasteiger partial charge is 0.472 e. The van der Waals surface area contributed by atoms with Crippen LogP contribution in [0.2, 0.25) is 0 Å². The second-order valence-electron chi connectivity index (χ2n) is 13.7. The Morgan fingerprint density at radius 2 is 1.04 bits per heavy atom. The van der Waals surface area contributed by atoms with Crippen LogP contribution in [-0.4, -0.2) is 65.7 Å². The molecule has 0 rings (SSSR count). The molecule has 0 amide bonds. The molecule has 10 nitrogen and oxygen atoms in total. The summed E-state index contributed by atoms with van der Waals surface area (Å²) in [6, 6.07) is 0. The molecule has 0 heterocycles. The van der Waals surface area contributed by atoms with Gasteiger partial charge in [0.25, 0.3) is 0 Å². The summed E-state index contributed by atoms with van der Waals surface area (Å²) in [6.07, 6.45) is 34.2. The number of hydrogen-bond donors (Lipinski definition) is 3. The van der Waals surface area contributed by atoms with E-state index in [-0.39, 0.29) is 19.4 Å². The van der Waals surface area contributed by atoms with E-state index in [2.05, 4.69) is 42.7 Å². The average molecular weight is 747 g/mol. The third-order valence-electron chi connectivity index (χ3n) is 8.61. The third kappa shape index (κ3) is 36.6. The lowest BCUT2D eigenvalue weighted by molar-refractivity contribution is -0.161. The van der Waals surface area contributed by atoms with Crippen molar-refractivity contribution in [2.75, 3.05) is 26.4 Å². The first-order chi connectivity index (χ1) is 24.7. The van der Waals surface area contributed by atoms with Crippen molar-refractivity contribution in [3.63, 3.8) is 0 Å². The number of esters is 2. The van der Waals surface area contributed by atoms with Gasteiger partial charge in [0.15, 0.2) is 6.10 Å². The van der Waals surface area contributed by atoms with Crippen LogP contribution in [0.4, 0.5) is 0 Å². The van der Waals surface area contributed by atoms with Crippen LogP contribution in [0.3, 0.4) is 0 Å². The first-order valence-corrected chi connectivity index (χ1v) is 21.8. The minimum atomic E-state index is -4.61. The highest BCUT2D eigenvalue weighted by molar-refractivity contribution is 7.47. The summed E-state index contributed by atoms with van der Waals surface area (Å²) in [5.41, 5.74) is 0. The molecule has 0 spiro atoms. The molecule has 0 aliphatic heterocycles. The van der Waals surface area contributed by atoms with Gasteiger partial charge in [0.2, 0.25) is 0 Å². The highest BCUT2D eigenvalue weighted by atomic mass is 31.2.